The van der Waals surface area contributed by atoms with Gasteiger partial charge in [-0.2, -0.15) is 0 Å². The van der Waals surface area contributed by atoms with Crippen molar-refractivity contribution in [1.82, 2.24) is 5.32 Å². The number of carbonyl (C=O) groups excluding carboxylic acids is 1. The predicted molar refractivity (Wildman–Crippen MR) is 100 cm³/mol. The highest BCUT2D eigenvalue weighted by Gasteiger charge is 2.30. The van der Waals surface area contributed by atoms with E-state index in [1.54, 1.807) is 12.1 Å². The van der Waals surface area contributed by atoms with E-state index in [4.69, 9.17) is 9.84 Å². The molecule has 0 bridgehead atoms. The van der Waals surface area contributed by atoms with E-state index in [0.29, 0.717) is 13.0 Å². The van der Waals surface area contributed by atoms with E-state index < -0.39 is 23.3 Å². The normalized spacial score (nSPS) is 15.5. The lowest BCUT2D eigenvalue weighted by atomic mass is 9.98. The maximum atomic E-state index is 11.3. The number of benzene rings is 1. The third-order valence-corrected chi connectivity index (χ3v) is 3.99. The van der Waals surface area contributed by atoms with E-state index in [9.17, 15) is 14.7 Å². The molecule has 6 nitrogen and oxygen atoms in total. The molecule has 1 aromatic rings. The standard InChI is InChI=1S/C12H23NO3.C8H8O2/c1-11(2,3)16-10(14)13-9-8-12(15)6-4-5-7-12;9-8(10)6-7-4-2-1-3-5-7/h15H,4-9H2,1-3H3,(H,13,14);1-5H,6H2,(H,9,10). The molecule has 1 aromatic carbocycles. The number of ether oxygens (including phenoxy) is 1. The highest BCUT2D eigenvalue weighted by atomic mass is 16.6. The van der Waals surface area contributed by atoms with E-state index in [-0.39, 0.29) is 6.42 Å². The second-order valence-corrected chi connectivity index (χ2v) is 7.67. The quantitative estimate of drug-likeness (QED) is 0.742. The summed E-state index contributed by atoms with van der Waals surface area (Å²) in [6, 6.07) is 9.13. The molecule has 0 unspecified atom stereocenters. The summed E-state index contributed by atoms with van der Waals surface area (Å²) < 4.78 is 5.10. The number of amides is 1. The van der Waals surface area contributed by atoms with Crippen LogP contribution in [-0.4, -0.2) is 40.0 Å². The lowest BCUT2D eigenvalue weighted by Gasteiger charge is -2.23. The summed E-state index contributed by atoms with van der Waals surface area (Å²) in [6.07, 6.45) is 4.19. The Balaban J connectivity index is 0.000000289. The first-order chi connectivity index (χ1) is 12.1. The Morgan fingerprint density at radius 1 is 1.15 bits per heavy atom. The SMILES string of the molecule is CC(C)(C)OC(=O)NCCC1(O)CCCC1.O=C(O)Cc1ccccc1. The van der Waals surface area contributed by atoms with Crippen LogP contribution in [0.2, 0.25) is 0 Å². The first-order valence-corrected chi connectivity index (χ1v) is 9.05. The lowest BCUT2D eigenvalue weighted by molar-refractivity contribution is -0.136. The molecular formula is C20H31NO5. The number of hydrogen-bond donors (Lipinski definition) is 3. The smallest absolute Gasteiger partial charge is 0.407 e. The van der Waals surface area contributed by atoms with Gasteiger partial charge in [0.05, 0.1) is 12.0 Å². The van der Waals surface area contributed by atoms with Crippen LogP contribution in [0, 0.1) is 0 Å². The molecule has 26 heavy (non-hydrogen) atoms. The summed E-state index contributed by atoms with van der Waals surface area (Å²) >= 11 is 0. The van der Waals surface area contributed by atoms with Gasteiger partial charge in [0.1, 0.15) is 5.60 Å². The Bertz CT molecular complexity index is 559. The number of aliphatic carboxylic acids is 1. The van der Waals surface area contributed by atoms with Gasteiger partial charge >= 0.3 is 12.1 Å². The van der Waals surface area contributed by atoms with Gasteiger partial charge in [-0.05, 0) is 45.6 Å². The molecule has 0 saturated heterocycles. The van der Waals surface area contributed by atoms with Crippen molar-refractivity contribution in [2.45, 2.75) is 70.5 Å². The first-order valence-electron chi connectivity index (χ1n) is 9.05. The molecule has 1 amide bonds. The molecule has 3 N–H and O–H groups in total. The zero-order valence-corrected chi connectivity index (χ0v) is 16.0. The van der Waals surface area contributed by atoms with Crippen molar-refractivity contribution < 1.29 is 24.5 Å². The third kappa shape index (κ3) is 10.0. The largest absolute Gasteiger partial charge is 0.481 e. The summed E-state index contributed by atoms with van der Waals surface area (Å²) in [5.74, 6) is -0.786. The topological polar surface area (TPSA) is 95.9 Å². The molecule has 1 saturated carbocycles. The second-order valence-electron chi connectivity index (χ2n) is 7.67. The number of carbonyl (C=O) groups is 2. The first kappa shape index (κ1) is 22.0. The van der Waals surface area contributed by atoms with Crippen molar-refractivity contribution in [3.63, 3.8) is 0 Å². The van der Waals surface area contributed by atoms with Gasteiger partial charge in [-0.25, -0.2) is 4.79 Å². The van der Waals surface area contributed by atoms with Gasteiger partial charge in [-0.15, -0.1) is 0 Å². The Morgan fingerprint density at radius 2 is 1.73 bits per heavy atom. The summed E-state index contributed by atoms with van der Waals surface area (Å²) in [4.78, 5) is 21.5. The van der Waals surface area contributed by atoms with Crippen LogP contribution < -0.4 is 5.32 Å². The molecule has 6 heteroatoms. The summed E-state index contributed by atoms with van der Waals surface area (Å²) in [5, 5.41) is 21.1. The van der Waals surface area contributed by atoms with Crippen molar-refractivity contribution in [1.29, 1.82) is 0 Å². The van der Waals surface area contributed by atoms with Crippen molar-refractivity contribution in [2.75, 3.05) is 6.54 Å². The minimum Gasteiger partial charge on any atom is -0.481 e. The van der Waals surface area contributed by atoms with Crippen LogP contribution in [0.5, 0.6) is 0 Å². The van der Waals surface area contributed by atoms with Crippen molar-refractivity contribution >= 4 is 12.1 Å². The third-order valence-electron chi connectivity index (χ3n) is 3.99. The van der Waals surface area contributed by atoms with Gasteiger partial charge < -0.3 is 20.3 Å². The van der Waals surface area contributed by atoms with E-state index in [1.807, 2.05) is 39.0 Å². The number of hydrogen-bond acceptors (Lipinski definition) is 4. The molecule has 0 spiro atoms. The van der Waals surface area contributed by atoms with Crippen molar-refractivity contribution in [3.8, 4) is 0 Å². The molecule has 0 heterocycles. The Kier molecular flexibility index (Phi) is 8.58. The minimum absolute atomic E-state index is 0.112. The number of aliphatic hydroxyl groups is 1. The molecule has 0 aromatic heterocycles. The highest BCUT2D eigenvalue weighted by molar-refractivity contribution is 5.70. The predicted octanol–water partition coefficient (Wildman–Crippen LogP) is 3.52. The maximum Gasteiger partial charge on any atom is 0.407 e. The van der Waals surface area contributed by atoms with E-state index in [2.05, 4.69) is 5.32 Å². The molecule has 146 valence electrons. The fourth-order valence-electron chi connectivity index (χ4n) is 2.77. The van der Waals surface area contributed by atoms with Crippen molar-refractivity contribution in [2.24, 2.45) is 0 Å². The number of carboxylic acid groups (broad SMARTS) is 1. The van der Waals surface area contributed by atoms with Gasteiger partial charge in [0.15, 0.2) is 0 Å². The van der Waals surface area contributed by atoms with Crippen molar-refractivity contribution in [3.05, 3.63) is 35.9 Å². The molecule has 1 aliphatic carbocycles. The average Bonchev–Trinajstić information content (AvgIpc) is 2.93. The number of rotatable bonds is 5. The van der Waals surface area contributed by atoms with Gasteiger partial charge in [0.25, 0.3) is 0 Å². The monoisotopic (exact) mass is 365 g/mol. The van der Waals surface area contributed by atoms with Gasteiger partial charge in [-0.1, -0.05) is 43.2 Å². The molecule has 0 aliphatic heterocycles. The lowest BCUT2D eigenvalue weighted by Crippen LogP contribution is -2.36. The van der Waals surface area contributed by atoms with Crippen LogP contribution in [0.1, 0.15) is 58.4 Å². The van der Waals surface area contributed by atoms with Gasteiger partial charge in [-0.3, -0.25) is 4.79 Å². The van der Waals surface area contributed by atoms with Gasteiger partial charge in [0.2, 0.25) is 0 Å². The zero-order valence-electron chi connectivity index (χ0n) is 16.0. The molecule has 2 rings (SSSR count). The summed E-state index contributed by atoms with van der Waals surface area (Å²) in [6.45, 7) is 5.97. The Hall–Kier alpha value is -2.08. The van der Waals surface area contributed by atoms with E-state index in [1.165, 1.54) is 0 Å². The van der Waals surface area contributed by atoms with E-state index >= 15 is 0 Å². The highest BCUT2D eigenvalue weighted by Crippen LogP contribution is 2.31. The summed E-state index contributed by atoms with van der Waals surface area (Å²) in [7, 11) is 0. The number of alkyl carbamates (subject to hydrolysis) is 1. The molecule has 1 fully saturated rings. The van der Waals surface area contributed by atoms with E-state index in [0.717, 1.165) is 31.2 Å². The van der Waals surface area contributed by atoms with Gasteiger partial charge in [0, 0.05) is 6.54 Å². The Morgan fingerprint density at radius 3 is 2.23 bits per heavy atom. The van der Waals surface area contributed by atoms with Crippen LogP contribution in [0.3, 0.4) is 0 Å². The number of nitrogens with one attached hydrogen (secondary N) is 1. The molecule has 0 radical (unpaired) electrons. The zero-order chi connectivity index (χ0) is 19.6. The maximum absolute atomic E-state index is 11.3. The van der Waals surface area contributed by atoms with Crippen LogP contribution >= 0.6 is 0 Å². The summed E-state index contributed by atoms with van der Waals surface area (Å²) in [5.41, 5.74) is -0.182. The molecule has 0 atom stereocenters. The number of carboxylic acids is 1. The fourth-order valence-corrected chi connectivity index (χ4v) is 2.77. The fraction of sp³-hybridized carbons (Fsp3) is 0.600. The Labute approximate surface area is 155 Å². The second kappa shape index (κ2) is 10.2. The molecular weight excluding hydrogens is 334 g/mol. The average molecular weight is 365 g/mol. The minimum atomic E-state index is -0.786. The molecule has 1 aliphatic rings. The van der Waals surface area contributed by atoms with Crippen LogP contribution in [0.25, 0.3) is 0 Å². The van der Waals surface area contributed by atoms with Crippen LogP contribution in [-0.2, 0) is 16.0 Å². The van der Waals surface area contributed by atoms with Crippen LogP contribution in [0.4, 0.5) is 4.79 Å². The van der Waals surface area contributed by atoms with Crippen LogP contribution in [0.15, 0.2) is 30.3 Å².